The molecule has 5 nitrogen and oxygen atoms in total. The molecule has 0 radical (unpaired) electrons. The summed E-state index contributed by atoms with van der Waals surface area (Å²) in [6.07, 6.45) is 8.48. The molecular formula is C15H30N2O3. The summed E-state index contributed by atoms with van der Waals surface area (Å²) in [5, 5.41) is 5.58. The first kappa shape index (κ1) is 16.5. The molecule has 0 aliphatic heterocycles. The monoisotopic (exact) mass is 286 g/mol. The fraction of sp³-hybridized carbons (Fsp3) is 0.733. The van der Waals surface area contributed by atoms with E-state index in [1.54, 1.807) is 7.05 Å². The zero-order chi connectivity index (χ0) is 15.0. The molecule has 0 saturated heterocycles. The zero-order valence-corrected chi connectivity index (χ0v) is 12.6. The Kier molecular flexibility index (Phi) is 7.12. The Morgan fingerprint density at radius 2 is 2.10 bits per heavy atom. The van der Waals surface area contributed by atoms with Crippen molar-refractivity contribution in [3.05, 3.63) is 12.2 Å². The van der Waals surface area contributed by atoms with E-state index in [1.807, 2.05) is 0 Å². The Hall–Kier alpha value is -1.52. The molecule has 0 heterocycles. The summed E-state index contributed by atoms with van der Waals surface area (Å²) in [6, 6.07) is -0.0238. The van der Waals surface area contributed by atoms with Gasteiger partial charge in [0.05, 0.1) is 7.11 Å². The van der Waals surface area contributed by atoms with Gasteiger partial charge in [0.15, 0.2) is 0 Å². The molecule has 2 amide bonds. The van der Waals surface area contributed by atoms with Crippen LogP contribution in [0.3, 0.4) is 0 Å². The van der Waals surface area contributed by atoms with Crippen LogP contribution in [0.25, 0.3) is 0 Å². The van der Waals surface area contributed by atoms with Gasteiger partial charge in [-0.2, -0.15) is 0 Å². The second-order valence-corrected chi connectivity index (χ2v) is 5.23. The number of amides is 2. The molecule has 3 atom stereocenters. The molecule has 0 aromatic heterocycles. The van der Waals surface area contributed by atoms with Crippen molar-refractivity contribution in [1.82, 2.24) is 10.6 Å². The number of nitrogens with one attached hydrogen (secondary N) is 2. The first-order chi connectivity index (χ1) is 9.62. The number of allylic oxidation sites excluding steroid dienone is 2. The zero-order valence-electron chi connectivity index (χ0n) is 12.6. The maximum atomic E-state index is 11.5. The molecule has 1 aliphatic rings. The highest BCUT2D eigenvalue weighted by Gasteiger charge is 2.37. The summed E-state index contributed by atoms with van der Waals surface area (Å²) in [5.41, 5.74) is 0. The Bertz CT molecular complexity index is 339. The lowest BCUT2D eigenvalue weighted by Crippen LogP contribution is -2.43. The predicted octanol–water partition coefficient (Wildman–Crippen LogP) is 2.72. The van der Waals surface area contributed by atoms with Crippen LogP contribution in [0.1, 0.15) is 41.9 Å². The van der Waals surface area contributed by atoms with Crippen molar-refractivity contribution >= 4 is 12.0 Å². The van der Waals surface area contributed by atoms with Gasteiger partial charge in [-0.15, -0.1) is 0 Å². The number of hydrogen-bond donors (Lipinski definition) is 2. The van der Waals surface area contributed by atoms with Crippen molar-refractivity contribution in [1.29, 1.82) is 0 Å². The maximum Gasteiger partial charge on any atom is 0.314 e. The standard InChI is InChI=1S/C15H26N2O3.2H2/c1-4-5-6-7-12-11(10-14(18)20-3)8-9-13(12)17-15(19)16-2;;/h5-6,11-13H,4,7-10H2,1-3H3,(H2,16,17,19);2*1H/b6-5+;;. The third-order valence-corrected chi connectivity index (χ3v) is 3.98. The van der Waals surface area contributed by atoms with Crippen LogP contribution in [0.2, 0.25) is 0 Å². The topological polar surface area (TPSA) is 67.4 Å². The number of rotatable bonds is 6. The largest absolute Gasteiger partial charge is 0.469 e. The summed E-state index contributed by atoms with van der Waals surface area (Å²) >= 11 is 0. The van der Waals surface area contributed by atoms with E-state index in [1.165, 1.54) is 7.11 Å². The van der Waals surface area contributed by atoms with E-state index >= 15 is 0 Å². The second kappa shape index (κ2) is 8.61. The van der Waals surface area contributed by atoms with Crippen LogP contribution >= 0.6 is 0 Å². The average Bonchev–Trinajstić information content (AvgIpc) is 2.81. The van der Waals surface area contributed by atoms with E-state index in [2.05, 4.69) is 29.7 Å². The smallest absolute Gasteiger partial charge is 0.314 e. The van der Waals surface area contributed by atoms with Crippen LogP contribution in [0, 0.1) is 11.8 Å². The number of esters is 1. The Labute approximate surface area is 124 Å². The average molecular weight is 286 g/mol. The molecule has 0 aromatic rings. The normalized spacial score (nSPS) is 25.6. The number of urea groups is 1. The van der Waals surface area contributed by atoms with Gasteiger partial charge in [0, 0.05) is 22.4 Å². The van der Waals surface area contributed by atoms with Gasteiger partial charge in [0.1, 0.15) is 0 Å². The van der Waals surface area contributed by atoms with Crippen LogP contribution in [0.15, 0.2) is 12.2 Å². The minimum Gasteiger partial charge on any atom is -0.469 e. The fourth-order valence-corrected chi connectivity index (χ4v) is 2.90. The highest BCUT2D eigenvalue weighted by Crippen LogP contribution is 2.37. The lowest BCUT2D eigenvalue weighted by Gasteiger charge is -2.24. The van der Waals surface area contributed by atoms with Crippen molar-refractivity contribution in [2.24, 2.45) is 11.8 Å². The van der Waals surface area contributed by atoms with Gasteiger partial charge >= 0.3 is 12.0 Å². The lowest BCUT2D eigenvalue weighted by molar-refractivity contribution is -0.142. The minimum atomic E-state index is -0.167. The van der Waals surface area contributed by atoms with E-state index < -0.39 is 0 Å². The SMILES string of the molecule is CC/C=C/CC1C(CC(=O)OC)CCC1NC(=O)NC.[HH].[HH]. The maximum absolute atomic E-state index is 11.5. The van der Waals surface area contributed by atoms with Crippen LogP contribution in [-0.2, 0) is 9.53 Å². The Morgan fingerprint density at radius 1 is 1.35 bits per heavy atom. The molecule has 118 valence electrons. The molecule has 1 fully saturated rings. The van der Waals surface area contributed by atoms with E-state index in [9.17, 15) is 9.59 Å². The molecular weight excluding hydrogens is 256 g/mol. The quantitative estimate of drug-likeness (QED) is 0.583. The van der Waals surface area contributed by atoms with Gasteiger partial charge in [0.25, 0.3) is 0 Å². The minimum absolute atomic E-state index is 0. The van der Waals surface area contributed by atoms with Crippen molar-refractivity contribution in [3.8, 4) is 0 Å². The Balaban J connectivity index is 0. The first-order valence-corrected chi connectivity index (χ1v) is 7.32. The first-order valence-electron chi connectivity index (χ1n) is 7.32. The molecule has 1 rings (SSSR count). The van der Waals surface area contributed by atoms with Crippen molar-refractivity contribution in [3.63, 3.8) is 0 Å². The van der Waals surface area contributed by atoms with Crippen LogP contribution in [0.5, 0.6) is 0 Å². The number of methoxy groups -OCH3 is 1. The van der Waals surface area contributed by atoms with Crippen LogP contribution < -0.4 is 10.6 Å². The van der Waals surface area contributed by atoms with Gasteiger partial charge in [0.2, 0.25) is 0 Å². The molecule has 0 spiro atoms. The second-order valence-electron chi connectivity index (χ2n) is 5.23. The highest BCUT2D eigenvalue weighted by atomic mass is 16.5. The van der Waals surface area contributed by atoms with Crippen molar-refractivity contribution < 1.29 is 17.2 Å². The Morgan fingerprint density at radius 3 is 2.70 bits per heavy atom. The van der Waals surface area contributed by atoms with Crippen LogP contribution in [0.4, 0.5) is 4.79 Å². The summed E-state index contributed by atoms with van der Waals surface area (Å²) in [6.45, 7) is 2.09. The fourth-order valence-electron chi connectivity index (χ4n) is 2.90. The number of ether oxygens (including phenoxy) is 1. The van der Waals surface area contributed by atoms with Crippen molar-refractivity contribution in [2.75, 3.05) is 14.2 Å². The molecule has 1 aliphatic carbocycles. The van der Waals surface area contributed by atoms with E-state index in [-0.39, 0.29) is 26.8 Å². The third kappa shape index (κ3) is 4.87. The van der Waals surface area contributed by atoms with Gasteiger partial charge in [-0.3, -0.25) is 4.79 Å². The number of carbonyl (C=O) groups excluding carboxylic acids is 2. The summed E-state index contributed by atoms with van der Waals surface area (Å²) < 4.78 is 4.77. The summed E-state index contributed by atoms with van der Waals surface area (Å²) in [7, 11) is 3.03. The highest BCUT2D eigenvalue weighted by molar-refractivity contribution is 5.74. The molecule has 5 heteroatoms. The predicted molar refractivity (Wildman–Crippen MR) is 82.5 cm³/mol. The van der Waals surface area contributed by atoms with Gasteiger partial charge < -0.3 is 15.4 Å². The molecule has 1 saturated carbocycles. The van der Waals surface area contributed by atoms with E-state index in [0.29, 0.717) is 12.3 Å². The van der Waals surface area contributed by atoms with Crippen molar-refractivity contribution in [2.45, 2.75) is 45.1 Å². The molecule has 3 unspecified atom stereocenters. The molecule has 0 bridgehead atoms. The van der Waals surface area contributed by atoms with Gasteiger partial charge in [-0.1, -0.05) is 19.1 Å². The third-order valence-electron chi connectivity index (χ3n) is 3.98. The van der Waals surface area contributed by atoms with E-state index in [4.69, 9.17) is 4.74 Å². The van der Waals surface area contributed by atoms with Gasteiger partial charge in [-0.05, 0) is 37.5 Å². The van der Waals surface area contributed by atoms with Gasteiger partial charge in [-0.25, -0.2) is 4.79 Å². The molecule has 2 N–H and O–H groups in total. The molecule has 20 heavy (non-hydrogen) atoms. The van der Waals surface area contributed by atoms with E-state index in [0.717, 1.165) is 25.7 Å². The van der Waals surface area contributed by atoms with Crippen LogP contribution in [-0.4, -0.2) is 32.2 Å². The molecule has 0 aromatic carbocycles. The lowest BCUT2D eigenvalue weighted by atomic mass is 9.88. The number of hydrogen-bond acceptors (Lipinski definition) is 3. The number of carbonyl (C=O) groups is 2. The summed E-state index contributed by atoms with van der Waals surface area (Å²) in [5.74, 6) is 0.417. The summed E-state index contributed by atoms with van der Waals surface area (Å²) in [4.78, 5) is 23.0.